The van der Waals surface area contributed by atoms with E-state index in [1.54, 1.807) is 13.2 Å². The molecular formula is C13H15ClN4O3. The highest BCUT2D eigenvalue weighted by molar-refractivity contribution is 6.31. The number of nitrogens with one attached hydrogen (secondary N) is 1. The summed E-state index contributed by atoms with van der Waals surface area (Å²) >= 11 is 6.13. The predicted molar refractivity (Wildman–Crippen MR) is 76.7 cm³/mol. The standard InChI is InChI=1S/C13H15ClN4O3/c1-21-12-4-2-3-10(14)9(12)7-15-5-6-18-8-11(13(19)20)16-17-18/h2-4,8,15H,5-7H2,1H3,(H,19,20). The molecule has 2 aromatic rings. The van der Waals surface area contributed by atoms with Crippen LogP contribution in [0.2, 0.25) is 5.02 Å². The normalized spacial score (nSPS) is 10.6. The van der Waals surface area contributed by atoms with Crippen LogP contribution in [0.3, 0.4) is 0 Å². The fourth-order valence-electron chi connectivity index (χ4n) is 1.81. The Labute approximate surface area is 126 Å². The van der Waals surface area contributed by atoms with E-state index in [0.717, 1.165) is 11.3 Å². The molecule has 0 aliphatic rings. The number of hydrogen-bond donors (Lipinski definition) is 2. The maximum Gasteiger partial charge on any atom is 0.358 e. The first-order valence-corrected chi connectivity index (χ1v) is 6.65. The first-order valence-electron chi connectivity index (χ1n) is 6.27. The van der Waals surface area contributed by atoms with Crippen LogP contribution >= 0.6 is 11.6 Å². The van der Waals surface area contributed by atoms with Crippen molar-refractivity contribution in [2.45, 2.75) is 13.1 Å². The lowest BCUT2D eigenvalue weighted by Gasteiger charge is -2.11. The zero-order chi connectivity index (χ0) is 15.2. The van der Waals surface area contributed by atoms with Crippen molar-refractivity contribution < 1.29 is 14.6 Å². The minimum atomic E-state index is -1.09. The Morgan fingerprint density at radius 1 is 1.52 bits per heavy atom. The lowest BCUT2D eigenvalue weighted by atomic mass is 10.2. The van der Waals surface area contributed by atoms with E-state index >= 15 is 0 Å². The minimum absolute atomic E-state index is 0.0669. The van der Waals surface area contributed by atoms with Gasteiger partial charge in [-0.25, -0.2) is 4.79 Å². The molecule has 0 fully saturated rings. The maximum absolute atomic E-state index is 10.7. The molecule has 0 saturated heterocycles. The van der Waals surface area contributed by atoms with Crippen molar-refractivity contribution in [2.24, 2.45) is 0 Å². The van der Waals surface area contributed by atoms with Crippen LogP contribution in [0.5, 0.6) is 5.75 Å². The Kier molecular flexibility index (Phi) is 5.13. The number of hydrogen-bond acceptors (Lipinski definition) is 5. The van der Waals surface area contributed by atoms with E-state index in [1.165, 1.54) is 10.9 Å². The van der Waals surface area contributed by atoms with Crippen LogP contribution in [0.15, 0.2) is 24.4 Å². The number of methoxy groups -OCH3 is 1. The van der Waals surface area contributed by atoms with Gasteiger partial charge in [0.05, 0.1) is 19.9 Å². The van der Waals surface area contributed by atoms with E-state index in [1.807, 2.05) is 12.1 Å². The second kappa shape index (κ2) is 7.05. The monoisotopic (exact) mass is 310 g/mol. The largest absolute Gasteiger partial charge is 0.496 e. The summed E-state index contributed by atoms with van der Waals surface area (Å²) in [5.74, 6) is -0.362. The molecule has 2 rings (SSSR count). The van der Waals surface area contributed by atoms with Crippen LogP contribution in [-0.2, 0) is 13.1 Å². The number of aromatic nitrogens is 3. The van der Waals surface area contributed by atoms with Gasteiger partial charge in [0, 0.05) is 23.7 Å². The average Bonchev–Trinajstić information content (AvgIpc) is 2.93. The minimum Gasteiger partial charge on any atom is -0.496 e. The molecule has 1 aromatic heterocycles. The topological polar surface area (TPSA) is 89.3 Å². The summed E-state index contributed by atoms with van der Waals surface area (Å²) in [5.41, 5.74) is 0.814. The van der Waals surface area contributed by atoms with E-state index in [0.29, 0.717) is 24.7 Å². The highest BCUT2D eigenvalue weighted by Crippen LogP contribution is 2.25. The molecule has 0 bridgehead atoms. The smallest absolute Gasteiger partial charge is 0.358 e. The van der Waals surface area contributed by atoms with E-state index in [-0.39, 0.29) is 5.69 Å². The summed E-state index contributed by atoms with van der Waals surface area (Å²) in [6.45, 7) is 1.65. The van der Waals surface area contributed by atoms with Gasteiger partial charge < -0.3 is 15.2 Å². The summed E-state index contributed by atoms with van der Waals surface area (Å²) in [6, 6.07) is 5.48. The van der Waals surface area contributed by atoms with Crippen LogP contribution in [-0.4, -0.2) is 39.7 Å². The van der Waals surface area contributed by atoms with E-state index in [9.17, 15) is 4.79 Å². The lowest BCUT2D eigenvalue weighted by Crippen LogP contribution is -2.20. The van der Waals surface area contributed by atoms with Gasteiger partial charge in [-0.1, -0.05) is 22.9 Å². The molecule has 0 saturated carbocycles. The van der Waals surface area contributed by atoms with Crippen molar-refractivity contribution in [3.05, 3.63) is 40.7 Å². The van der Waals surface area contributed by atoms with Crippen LogP contribution < -0.4 is 10.1 Å². The number of rotatable bonds is 7. The molecule has 0 unspecified atom stereocenters. The molecule has 0 aliphatic carbocycles. The second-order valence-corrected chi connectivity index (χ2v) is 4.68. The van der Waals surface area contributed by atoms with Gasteiger partial charge in [-0.05, 0) is 12.1 Å². The average molecular weight is 311 g/mol. The van der Waals surface area contributed by atoms with Gasteiger partial charge in [-0.15, -0.1) is 5.10 Å². The van der Waals surface area contributed by atoms with Crippen molar-refractivity contribution in [1.29, 1.82) is 0 Å². The number of ether oxygens (including phenoxy) is 1. The summed E-state index contributed by atoms with van der Waals surface area (Å²) in [7, 11) is 1.60. The highest BCUT2D eigenvalue weighted by Gasteiger charge is 2.09. The van der Waals surface area contributed by atoms with Gasteiger partial charge in [-0.2, -0.15) is 0 Å². The van der Waals surface area contributed by atoms with Crippen molar-refractivity contribution in [3.63, 3.8) is 0 Å². The van der Waals surface area contributed by atoms with Crippen LogP contribution in [0, 0.1) is 0 Å². The Hall–Kier alpha value is -2.12. The summed E-state index contributed by atoms with van der Waals surface area (Å²) in [5, 5.41) is 19.9. The number of aromatic carboxylic acids is 1. The van der Waals surface area contributed by atoms with Crippen molar-refractivity contribution in [1.82, 2.24) is 20.3 Å². The molecule has 21 heavy (non-hydrogen) atoms. The van der Waals surface area contributed by atoms with Crippen molar-refractivity contribution >= 4 is 17.6 Å². The fraction of sp³-hybridized carbons (Fsp3) is 0.308. The Morgan fingerprint density at radius 3 is 3.00 bits per heavy atom. The summed E-state index contributed by atoms with van der Waals surface area (Å²) in [6.07, 6.45) is 1.39. The fourth-order valence-corrected chi connectivity index (χ4v) is 2.05. The van der Waals surface area contributed by atoms with E-state index in [2.05, 4.69) is 15.6 Å². The highest BCUT2D eigenvalue weighted by atomic mass is 35.5. The van der Waals surface area contributed by atoms with E-state index < -0.39 is 5.97 Å². The van der Waals surface area contributed by atoms with Crippen LogP contribution in [0.25, 0.3) is 0 Å². The quantitative estimate of drug-likeness (QED) is 0.752. The van der Waals surface area contributed by atoms with Gasteiger partial charge in [0.15, 0.2) is 5.69 Å². The van der Waals surface area contributed by atoms with Gasteiger partial charge in [0.2, 0.25) is 0 Å². The number of halogens is 1. The van der Waals surface area contributed by atoms with Crippen molar-refractivity contribution in [2.75, 3.05) is 13.7 Å². The molecular weight excluding hydrogens is 296 g/mol. The third-order valence-corrected chi connectivity index (χ3v) is 3.23. The van der Waals surface area contributed by atoms with Crippen molar-refractivity contribution in [3.8, 4) is 5.75 Å². The molecule has 112 valence electrons. The molecule has 0 amide bonds. The molecule has 8 heteroatoms. The third-order valence-electron chi connectivity index (χ3n) is 2.87. The molecule has 2 N–H and O–H groups in total. The Morgan fingerprint density at radius 2 is 2.33 bits per heavy atom. The first-order chi connectivity index (χ1) is 10.1. The molecule has 1 aromatic carbocycles. The van der Waals surface area contributed by atoms with Gasteiger partial charge in [0.25, 0.3) is 0 Å². The molecule has 0 aliphatic heterocycles. The van der Waals surface area contributed by atoms with Gasteiger partial charge in [0.1, 0.15) is 5.75 Å². The number of carboxylic acid groups (broad SMARTS) is 1. The number of carbonyl (C=O) groups is 1. The molecule has 1 heterocycles. The Balaban J connectivity index is 1.86. The molecule has 0 spiro atoms. The van der Waals surface area contributed by atoms with Gasteiger partial charge in [-0.3, -0.25) is 4.68 Å². The number of benzene rings is 1. The number of nitrogens with zero attached hydrogens (tertiary/aromatic N) is 3. The zero-order valence-electron chi connectivity index (χ0n) is 11.4. The second-order valence-electron chi connectivity index (χ2n) is 4.27. The summed E-state index contributed by atoms with van der Waals surface area (Å²) < 4.78 is 6.73. The zero-order valence-corrected chi connectivity index (χ0v) is 12.2. The van der Waals surface area contributed by atoms with E-state index in [4.69, 9.17) is 21.4 Å². The third kappa shape index (κ3) is 3.93. The lowest BCUT2D eigenvalue weighted by molar-refractivity contribution is 0.0690. The molecule has 0 atom stereocenters. The molecule has 0 radical (unpaired) electrons. The van der Waals surface area contributed by atoms with Crippen LogP contribution in [0.1, 0.15) is 16.1 Å². The van der Waals surface area contributed by atoms with Crippen LogP contribution in [0.4, 0.5) is 0 Å². The summed E-state index contributed by atoms with van der Waals surface area (Å²) in [4.78, 5) is 10.7. The Bertz CT molecular complexity index is 630. The SMILES string of the molecule is COc1cccc(Cl)c1CNCCn1cc(C(=O)O)nn1. The molecule has 7 nitrogen and oxygen atoms in total. The first kappa shape index (κ1) is 15.3. The van der Waals surface area contributed by atoms with Gasteiger partial charge >= 0.3 is 5.97 Å². The number of carboxylic acids is 1. The maximum atomic E-state index is 10.7. The predicted octanol–water partition coefficient (Wildman–Crippen LogP) is 1.43.